The van der Waals surface area contributed by atoms with Crippen LogP contribution in [0.25, 0.3) is 10.9 Å². The minimum Gasteiger partial charge on any atom is -0.336 e. The summed E-state index contributed by atoms with van der Waals surface area (Å²) in [5.74, 6) is 0. The molecule has 0 atom stereocenters. The number of nitrogens with zero attached hydrogens (tertiary/aromatic N) is 2. The maximum absolute atomic E-state index is 12.1. The van der Waals surface area contributed by atoms with Crippen molar-refractivity contribution < 1.29 is 8.78 Å². The Morgan fingerprint density at radius 3 is 2.88 bits per heavy atom. The molecule has 0 aromatic carbocycles. The number of allylic oxidation sites excluding steroid dienone is 1. The molecule has 6 heteroatoms. The Balaban J connectivity index is 2.74. The number of hydrogen-bond donors (Lipinski definition) is 1. The van der Waals surface area contributed by atoms with Crippen molar-refractivity contribution in [2.24, 2.45) is 0 Å². The average Bonchev–Trinajstić information content (AvgIpc) is 2.52. The van der Waals surface area contributed by atoms with Crippen molar-refractivity contribution in [3.8, 4) is 0 Å². The average molecular weight is 239 g/mol. The topological polar surface area (TPSA) is 50.7 Å². The Labute approximate surface area is 95.6 Å². The third-order valence-electron chi connectivity index (χ3n) is 2.88. The number of aromatic nitrogens is 3. The molecule has 0 radical (unpaired) electrons. The summed E-state index contributed by atoms with van der Waals surface area (Å²) in [4.78, 5) is 11.7. The van der Waals surface area contributed by atoms with Gasteiger partial charge in [0.1, 0.15) is 5.52 Å². The molecule has 17 heavy (non-hydrogen) atoms. The van der Waals surface area contributed by atoms with Crippen molar-refractivity contribution in [1.29, 1.82) is 0 Å². The second-order valence-corrected chi connectivity index (χ2v) is 3.78. The molecule has 2 aromatic rings. The molecular formula is C11H11F2N3O. The zero-order valence-corrected chi connectivity index (χ0v) is 9.42. The van der Waals surface area contributed by atoms with Crippen LogP contribution < -0.4 is 5.56 Å². The molecule has 1 N–H and O–H groups in total. The number of aryl methyl sites for hydroxylation is 1. The van der Waals surface area contributed by atoms with Crippen molar-refractivity contribution in [3.63, 3.8) is 0 Å². The van der Waals surface area contributed by atoms with Gasteiger partial charge in [-0.25, -0.2) is 5.10 Å². The lowest BCUT2D eigenvalue weighted by molar-refractivity contribution is 0.416. The van der Waals surface area contributed by atoms with Crippen LogP contribution in [0.5, 0.6) is 0 Å². The zero-order chi connectivity index (χ0) is 12.6. The monoisotopic (exact) mass is 239 g/mol. The van der Waals surface area contributed by atoms with Crippen LogP contribution in [0.15, 0.2) is 23.1 Å². The molecule has 0 aliphatic carbocycles. The molecule has 0 saturated carbocycles. The number of halogens is 2. The van der Waals surface area contributed by atoms with E-state index in [0.717, 1.165) is 17.3 Å². The molecule has 0 aliphatic heterocycles. The smallest absolute Gasteiger partial charge is 0.288 e. The van der Waals surface area contributed by atoms with Gasteiger partial charge in [0.05, 0.1) is 6.20 Å². The quantitative estimate of drug-likeness (QED) is 0.872. The van der Waals surface area contributed by atoms with E-state index >= 15 is 0 Å². The van der Waals surface area contributed by atoms with Gasteiger partial charge in [0.25, 0.3) is 11.6 Å². The number of nitrogens with one attached hydrogen (secondary N) is 1. The molecule has 0 aliphatic rings. The Bertz CT molecular complexity index is 651. The predicted molar refractivity (Wildman–Crippen MR) is 60.1 cm³/mol. The molecule has 4 nitrogen and oxygen atoms in total. The largest absolute Gasteiger partial charge is 0.336 e. The third-order valence-corrected chi connectivity index (χ3v) is 2.88. The lowest BCUT2D eigenvalue weighted by Gasteiger charge is -2.03. The summed E-state index contributed by atoms with van der Waals surface area (Å²) in [7, 11) is 0. The molecule has 0 bridgehead atoms. The lowest BCUT2D eigenvalue weighted by atomic mass is 10.2. The Hall–Kier alpha value is -1.98. The summed E-state index contributed by atoms with van der Waals surface area (Å²) in [6.07, 6.45) is 0.561. The maximum Gasteiger partial charge on any atom is 0.288 e. The third kappa shape index (κ3) is 1.86. The normalized spacial score (nSPS) is 10.8. The fourth-order valence-electron chi connectivity index (χ4n) is 1.89. The Morgan fingerprint density at radius 2 is 2.24 bits per heavy atom. The summed E-state index contributed by atoms with van der Waals surface area (Å²) >= 11 is 0. The first-order valence-corrected chi connectivity index (χ1v) is 5.06. The molecule has 2 heterocycles. The fourth-order valence-corrected chi connectivity index (χ4v) is 1.89. The van der Waals surface area contributed by atoms with Gasteiger partial charge >= 0.3 is 0 Å². The molecule has 2 aromatic heterocycles. The number of hydrogen-bond acceptors (Lipinski definition) is 2. The second kappa shape index (κ2) is 4.12. The number of H-pyrrole nitrogens is 1. The number of fused-ring (bicyclic) bond motifs is 1. The summed E-state index contributed by atoms with van der Waals surface area (Å²) in [6, 6.07) is 0. The summed E-state index contributed by atoms with van der Waals surface area (Å²) in [5, 5.41) is 6.71. The van der Waals surface area contributed by atoms with E-state index in [1.165, 1.54) is 6.20 Å². The van der Waals surface area contributed by atoms with Crippen LogP contribution in [0, 0.1) is 13.8 Å². The van der Waals surface area contributed by atoms with Gasteiger partial charge in [-0.3, -0.25) is 4.79 Å². The first-order chi connectivity index (χ1) is 8.02. The van der Waals surface area contributed by atoms with Crippen molar-refractivity contribution in [2.45, 2.75) is 20.4 Å². The lowest BCUT2D eigenvalue weighted by Crippen LogP contribution is -2.12. The minimum absolute atomic E-state index is 0.0222. The molecule has 0 fully saturated rings. The molecule has 0 spiro atoms. The highest BCUT2D eigenvalue weighted by atomic mass is 19.3. The van der Waals surface area contributed by atoms with Gasteiger partial charge in [-0.1, -0.05) is 0 Å². The highest BCUT2D eigenvalue weighted by molar-refractivity contribution is 5.83. The second-order valence-electron chi connectivity index (χ2n) is 3.78. The number of aromatic amines is 1. The minimum atomic E-state index is -1.76. The Kier molecular flexibility index (Phi) is 2.79. The summed E-state index contributed by atoms with van der Waals surface area (Å²) < 4.78 is 25.8. The van der Waals surface area contributed by atoms with Crippen molar-refractivity contribution in [2.75, 3.05) is 0 Å². The molecule has 0 saturated heterocycles. The highest BCUT2D eigenvalue weighted by Gasteiger charge is 2.13. The van der Waals surface area contributed by atoms with Crippen LogP contribution in [-0.4, -0.2) is 14.8 Å². The van der Waals surface area contributed by atoms with Gasteiger partial charge in [0, 0.05) is 23.7 Å². The van der Waals surface area contributed by atoms with E-state index in [4.69, 9.17) is 0 Å². The van der Waals surface area contributed by atoms with E-state index in [1.54, 1.807) is 11.5 Å². The van der Waals surface area contributed by atoms with Crippen molar-refractivity contribution >= 4 is 10.9 Å². The predicted octanol–water partition coefficient (Wildman–Crippen LogP) is 2.12. The molecule has 0 amide bonds. The first-order valence-electron chi connectivity index (χ1n) is 5.06. The van der Waals surface area contributed by atoms with E-state index < -0.39 is 6.08 Å². The van der Waals surface area contributed by atoms with Gasteiger partial charge < -0.3 is 4.57 Å². The van der Waals surface area contributed by atoms with E-state index in [0.29, 0.717) is 10.9 Å². The molecule has 90 valence electrons. The Morgan fingerprint density at radius 1 is 1.53 bits per heavy atom. The molecular weight excluding hydrogens is 228 g/mol. The van der Waals surface area contributed by atoms with Crippen LogP contribution in [0.2, 0.25) is 0 Å². The van der Waals surface area contributed by atoms with E-state index in [1.807, 2.05) is 6.92 Å². The maximum atomic E-state index is 12.1. The summed E-state index contributed by atoms with van der Waals surface area (Å²) in [5.41, 5.74) is 1.68. The summed E-state index contributed by atoms with van der Waals surface area (Å²) in [6.45, 7) is 3.61. The molecule has 0 unspecified atom stereocenters. The van der Waals surface area contributed by atoms with Crippen LogP contribution in [0.1, 0.15) is 11.3 Å². The van der Waals surface area contributed by atoms with Crippen molar-refractivity contribution in [1.82, 2.24) is 14.8 Å². The van der Waals surface area contributed by atoms with Crippen LogP contribution in [0.3, 0.4) is 0 Å². The van der Waals surface area contributed by atoms with Gasteiger partial charge in [0.15, 0.2) is 0 Å². The van der Waals surface area contributed by atoms with E-state index in [2.05, 4.69) is 10.2 Å². The first kappa shape index (κ1) is 11.5. The van der Waals surface area contributed by atoms with Crippen molar-refractivity contribution in [3.05, 3.63) is 40.0 Å². The van der Waals surface area contributed by atoms with E-state index in [9.17, 15) is 13.6 Å². The number of rotatable bonds is 2. The van der Waals surface area contributed by atoms with Crippen LogP contribution >= 0.6 is 0 Å². The van der Waals surface area contributed by atoms with Gasteiger partial charge in [0.2, 0.25) is 0 Å². The molecule has 2 rings (SSSR count). The zero-order valence-electron chi connectivity index (χ0n) is 9.42. The van der Waals surface area contributed by atoms with Gasteiger partial charge in [-0.2, -0.15) is 13.9 Å². The van der Waals surface area contributed by atoms with Gasteiger partial charge in [-0.05, 0) is 19.4 Å². The fraction of sp³-hybridized carbons (Fsp3) is 0.273. The standard InChI is InChI=1S/C11H11F2N3O/c1-6-7(2)16(4-3-9(12)13)10-8(6)5-14-15-11(10)17/h3,5H,4H2,1-2H3,(H,15,17). The SMILES string of the molecule is Cc1c(C)n(CC=C(F)F)c2c(=O)[nH]ncc12. The van der Waals surface area contributed by atoms with E-state index in [-0.39, 0.29) is 12.1 Å². The van der Waals surface area contributed by atoms with Crippen LogP contribution in [0.4, 0.5) is 8.78 Å². The highest BCUT2D eigenvalue weighted by Crippen LogP contribution is 2.21. The van der Waals surface area contributed by atoms with Gasteiger partial charge in [-0.15, -0.1) is 0 Å². The van der Waals surface area contributed by atoms with Crippen LogP contribution in [-0.2, 0) is 6.54 Å².